The highest BCUT2D eigenvalue weighted by molar-refractivity contribution is 7.18. The van der Waals surface area contributed by atoms with Gasteiger partial charge in [0.25, 0.3) is 0 Å². The number of methoxy groups -OCH3 is 1. The van der Waals surface area contributed by atoms with E-state index in [0.717, 1.165) is 45.6 Å². The molecule has 0 aromatic carbocycles. The van der Waals surface area contributed by atoms with Crippen LogP contribution in [0.4, 0.5) is 0 Å². The highest BCUT2D eigenvalue weighted by Crippen LogP contribution is 2.46. The number of nitriles is 1. The molecule has 1 fully saturated rings. The zero-order valence-corrected chi connectivity index (χ0v) is 21.7. The zero-order chi connectivity index (χ0) is 24.3. The predicted molar refractivity (Wildman–Crippen MR) is 137 cm³/mol. The summed E-state index contributed by atoms with van der Waals surface area (Å²) in [6.07, 6.45) is 13.2. The molecule has 0 bridgehead atoms. The fourth-order valence-corrected chi connectivity index (χ4v) is 5.26. The lowest BCUT2D eigenvalue weighted by atomic mass is 9.70. The third-order valence-corrected chi connectivity index (χ3v) is 7.42. The molecule has 1 aliphatic carbocycles. The van der Waals surface area contributed by atoms with Crippen LogP contribution in [0.5, 0.6) is 0 Å². The van der Waals surface area contributed by atoms with Crippen molar-refractivity contribution in [2.75, 3.05) is 46.4 Å². The van der Waals surface area contributed by atoms with Crippen LogP contribution in [0.1, 0.15) is 33.6 Å². The lowest BCUT2D eigenvalue weighted by Gasteiger charge is -2.33. The van der Waals surface area contributed by atoms with Crippen molar-refractivity contribution in [3.63, 3.8) is 0 Å². The summed E-state index contributed by atoms with van der Waals surface area (Å²) in [5.41, 5.74) is 2.40. The number of esters is 1. The summed E-state index contributed by atoms with van der Waals surface area (Å²) in [5, 5.41) is 12.2. The third kappa shape index (κ3) is 7.54. The molecule has 1 heterocycles. The fourth-order valence-electron chi connectivity index (χ4n) is 4.58. The lowest BCUT2D eigenvalue weighted by Crippen LogP contribution is -2.38. The van der Waals surface area contributed by atoms with Gasteiger partial charge in [0.1, 0.15) is 0 Å². The second-order valence-electron chi connectivity index (χ2n) is 9.04. The van der Waals surface area contributed by atoms with E-state index in [1.54, 1.807) is 13.4 Å². The predicted octanol–water partition coefficient (Wildman–Crippen LogP) is 3.84. The number of fused-ring (bicyclic) bond motifs is 1. The molecule has 0 aromatic rings. The average Bonchev–Trinajstić information content (AvgIpc) is 3.11. The van der Waals surface area contributed by atoms with E-state index in [1.165, 1.54) is 17.2 Å². The van der Waals surface area contributed by atoms with Crippen LogP contribution in [0.3, 0.4) is 0 Å². The minimum absolute atomic E-state index is 0.107. The van der Waals surface area contributed by atoms with E-state index < -0.39 is 5.41 Å². The van der Waals surface area contributed by atoms with Gasteiger partial charge < -0.3 is 19.7 Å². The molecule has 0 saturated carbocycles. The minimum Gasteiger partial charge on any atom is -0.505 e. The number of nitrogens with one attached hydrogen (secondary N) is 1. The molecule has 0 radical (unpaired) electrons. The summed E-state index contributed by atoms with van der Waals surface area (Å²) < 4.78 is 10.4. The van der Waals surface area contributed by atoms with Gasteiger partial charge in [-0.2, -0.15) is 5.26 Å². The first-order valence-electron chi connectivity index (χ1n) is 11.9. The highest BCUT2D eigenvalue weighted by Gasteiger charge is 2.49. The molecule has 1 N–H and O–H groups in total. The second-order valence-corrected chi connectivity index (χ2v) is 9.84. The van der Waals surface area contributed by atoms with E-state index in [1.807, 2.05) is 25.1 Å². The molecule has 33 heavy (non-hydrogen) atoms. The number of likely N-dealkylation sites (N-methyl/N-ethyl adjacent to an activating group) is 1. The standard InChI is InChI=1S/C26H40N3O3P/c1-5-29(16-15-28-14-10-21(11-17-31-4)8-6-7-13-27)18-24(33)22-9-12-26(3)23(20(22)2)19-32-25(26)30/h6-7,9,11-12,17,21,23-24,28H,5,8,10,14-16,18-19,33H2,1-4H3/b7-6+,17-11+. The van der Waals surface area contributed by atoms with Crippen molar-refractivity contribution >= 4 is 15.2 Å². The van der Waals surface area contributed by atoms with Crippen molar-refractivity contribution in [3.8, 4) is 6.07 Å². The highest BCUT2D eigenvalue weighted by atomic mass is 31.0. The summed E-state index contributed by atoms with van der Waals surface area (Å²) in [7, 11) is 4.65. The number of carbonyl (C=O) groups excluding carboxylic acids is 1. The van der Waals surface area contributed by atoms with Crippen LogP contribution in [0, 0.1) is 28.6 Å². The smallest absolute Gasteiger partial charge is 0.316 e. The van der Waals surface area contributed by atoms with Crippen LogP contribution >= 0.6 is 9.24 Å². The number of ether oxygens (including phenoxy) is 2. The molecule has 6 nitrogen and oxygen atoms in total. The van der Waals surface area contributed by atoms with Gasteiger partial charge in [-0.1, -0.05) is 30.7 Å². The summed E-state index contributed by atoms with van der Waals surface area (Å²) >= 11 is 0. The molecule has 182 valence electrons. The Balaban J connectivity index is 1.80. The van der Waals surface area contributed by atoms with Crippen molar-refractivity contribution in [2.45, 2.75) is 39.3 Å². The normalized spacial score (nSPS) is 24.4. The van der Waals surface area contributed by atoms with Crippen molar-refractivity contribution in [2.24, 2.45) is 17.3 Å². The topological polar surface area (TPSA) is 74.6 Å². The van der Waals surface area contributed by atoms with Crippen LogP contribution < -0.4 is 5.32 Å². The number of nitrogens with zero attached hydrogens (tertiary/aromatic N) is 2. The molecular weight excluding hydrogens is 433 g/mol. The molecule has 0 aromatic heterocycles. The van der Waals surface area contributed by atoms with Crippen LogP contribution in [-0.2, 0) is 14.3 Å². The molecule has 5 atom stereocenters. The minimum atomic E-state index is -0.507. The molecule has 1 saturated heterocycles. The Bertz CT molecular complexity index is 814. The molecule has 7 heteroatoms. The van der Waals surface area contributed by atoms with Crippen LogP contribution in [-0.4, -0.2) is 63.0 Å². The second kappa shape index (κ2) is 13.7. The Morgan fingerprint density at radius 2 is 2.27 bits per heavy atom. The number of carbonyl (C=O) groups is 1. The Hall–Kier alpha value is -1.93. The Morgan fingerprint density at radius 3 is 2.97 bits per heavy atom. The number of rotatable bonds is 14. The molecule has 2 aliphatic rings. The summed E-state index contributed by atoms with van der Waals surface area (Å²) in [6, 6.07) is 2.04. The summed E-state index contributed by atoms with van der Waals surface area (Å²) in [5.74, 6) is 0.392. The quantitative estimate of drug-likeness (QED) is 0.136. The van der Waals surface area contributed by atoms with E-state index >= 15 is 0 Å². The van der Waals surface area contributed by atoms with Crippen LogP contribution in [0.25, 0.3) is 0 Å². The van der Waals surface area contributed by atoms with Gasteiger partial charge in [-0.05, 0) is 57.3 Å². The van der Waals surface area contributed by atoms with E-state index in [-0.39, 0.29) is 11.9 Å². The van der Waals surface area contributed by atoms with Crippen molar-refractivity contribution in [3.05, 3.63) is 47.8 Å². The summed E-state index contributed by atoms with van der Waals surface area (Å²) in [6.45, 7) is 11.6. The lowest BCUT2D eigenvalue weighted by molar-refractivity contribution is -0.143. The van der Waals surface area contributed by atoms with E-state index in [9.17, 15) is 4.79 Å². The van der Waals surface area contributed by atoms with Gasteiger partial charge in [-0.3, -0.25) is 4.79 Å². The number of hydrogen-bond acceptors (Lipinski definition) is 6. The number of hydrogen-bond donors (Lipinski definition) is 1. The maximum Gasteiger partial charge on any atom is 0.316 e. The fraction of sp³-hybridized carbons (Fsp3) is 0.615. The van der Waals surface area contributed by atoms with Gasteiger partial charge in [-0.25, -0.2) is 0 Å². The molecule has 2 rings (SSSR count). The van der Waals surface area contributed by atoms with Gasteiger partial charge in [0.05, 0.1) is 31.5 Å². The number of cyclic esters (lactones) is 1. The third-order valence-electron chi connectivity index (χ3n) is 6.85. The van der Waals surface area contributed by atoms with Crippen molar-refractivity contribution < 1.29 is 14.3 Å². The molecule has 5 unspecified atom stereocenters. The van der Waals surface area contributed by atoms with Gasteiger partial charge >= 0.3 is 5.97 Å². The van der Waals surface area contributed by atoms with Gasteiger partial charge in [0.15, 0.2) is 0 Å². The SMILES string of the molecule is CCN(CCNCCC(/C=C/OC)C/C=C/C#N)CC(P)C1=C(C)C2COC(=O)C2(C)C=C1. The monoisotopic (exact) mass is 473 g/mol. The molecular formula is C26H40N3O3P. The first-order valence-corrected chi connectivity index (χ1v) is 12.5. The molecule has 0 amide bonds. The van der Waals surface area contributed by atoms with Crippen LogP contribution in [0.15, 0.2) is 47.8 Å². The zero-order valence-electron chi connectivity index (χ0n) is 20.5. The van der Waals surface area contributed by atoms with Gasteiger partial charge in [-0.15, -0.1) is 9.24 Å². The van der Waals surface area contributed by atoms with Crippen LogP contribution in [0.2, 0.25) is 0 Å². The summed E-state index contributed by atoms with van der Waals surface area (Å²) in [4.78, 5) is 14.6. The van der Waals surface area contributed by atoms with Crippen molar-refractivity contribution in [1.82, 2.24) is 10.2 Å². The molecule has 1 aliphatic heterocycles. The van der Waals surface area contributed by atoms with E-state index in [4.69, 9.17) is 14.7 Å². The first kappa shape index (κ1) is 27.3. The number of allylic oxidation sites excluding steroid dienone is 4. The Kier molecular flexibility index (Phi) is 11.3. The Labute approximate surface area is 202 Å². The Morgan fingerprint density at radius 1 is 1.48 bits per heavy atom. The van der Waals surface area contributed by atoms with E-state index in [0.29, 0.717) is 18.2 Å². The van der Waals surface area contributed by atoms with E-state index in [2.05, 4.69) is 45.5 Å². The van der Waals surface area contributed by atoms with Gasteiger partial charge in [0.2, 0.25) is 0 Å². The first-order chi connectivity index (χ1) is 15.9. The largest absolute Gasteiger partial charge is 0.505 e. The maximum absolute atomic E-state index is 12.2. The van der Waals surface area contributed by atoms with Crippen molar-refractivity contribution in [1.29, 1.82) is 5.26 Å². The average molecular weight is 474 g/mol. The van der Waals surface area contributed by atoms with Gasteiger partial charge in [0, 0.05) is 37.3 Å². The molecule has 0 spiro atoms. The maximum atomic E-state index is 12.2.